The standard InChI is InChI=1S/C31H25N7/c1-3-20-17-30-24(32)7-5-15-37(30)28(20)13-10-22-9-11-23-26(35-36-27(23)19-34-22)12-14-29-21(4-2)18-31-25(33)8-6-16-38(29)31/h3-19H,1-2,32-33H2/b13-10+,14-12+. The molecule has 0 spiro atoms. The predicted octanol–water partition coefficient (Wildman–Crippen LogP) is 6.27. The zero-order chi connectivity index (χ0) is 26.2. The lowest BCUT2D eigenvalue weighted by Crippen LogP contribution is -1.92. The molecule has 4 aromatic rings. The van der Waals surface area contributed by atoms with E-state index in [-0.39, 0.29) is 0 Å². The fourth-order valence-corrected chi connectivity index (χ4v) is 4.71. The van der Waals surface area contributed by atoms with Crippen LogP contribution in [0.15, 0.2) is 80.3 Å². The average Bonchev–Trinajstić information content (AvgIpc) is 3.56. The molecule has 4 aromatic heterocycles. The van der Waals surface area contributed by atoms with Crippen molar-refractivity contribution in [3.63, 3.8) is 0 Å². The quantitative estimate of drug-likeness (QED) is 0.284. The molecule has 0 bridgehead atoms. The molecule has 0 amide bonds. The Morgan fingerprint density at radius 2 is 1.32 bits per heavy atom. The highest BCUT2D eigenvalue weighted by atomic mass is 15.1. The van der Waals surface area contributed by atoms with Crippen molar-refractivity contribution in [2.45, 2.75) is 0 Å². The number of hydrogen-bond acceptors (Lipinski definition) is 5. The number of nitrogens with two attached hydrogens (primary N) is 2. The molecule has 0 unspecified atom stereocenters. The fourth-order valence-electron chi connectivity index (χ4n) is 4.71. The topological polar surface area (TPSA) is 99.5 Å². The minimum Gasteiger partial charge on any atom is -0.397 e. The minimum atomic E-state index is 0.712. The molecule has 7 heteroatoms. The molecule has 0 saturated heterocycles. The number of fused-ring (bicyclic) bond motifs is 3. The highest BCUT2D eigenvalue weighted by Crippen LogP contribution is 2.28. The normalized spacial score (nSPS) is 11.9. The van der Waals surface area contributed by atoms with Gasteiger partial charge in [-0.05, 0) is 72.8 Å². The summed E-state index contributed by atoms with van der Waals surface area (Å²) in [6.07, 6.45) is 17.3. The maximum Gasteiger partial charge on any atom is 0.113 e. The number of nitrogens with zero attached hydrogens (tertiary/aromatic N) is 5. The van der Waals surface area contributed by atoms with E-state index in [1.165, 1.54) is 0 Å². The van der Waals surface area contributed by atoms with Crippen LogP contribution in [0.2, 0.25) is 0 Å². The van der Waals surface area contributed by atoms with Gasteiger partial charge in [0.1, 0.15) is 5.69 Å². The summed E-state index contributed by atoms with van der Waals surface area (Å²) < 4.78 is 4.09. The lowest BCUT2D eigenvalue weighted by atomic mass is 10.1. The van der Waals surface area contributed by atoms with Crippen LogP contribution in [0, 0.1) is 0 Å². The summed E-state index contributed by atoms with van der Waals surface area (Å²) in [5.74, 6) is 0. The van der Waals surface area contributed by atoms with E-state index in [0.29, 0.717) is 17.1 Å². The van der Waals surface area contributed by atoms with Crippen molar-refractivity contribution >= 4 is 58.9 Å². The molecule has 0 atom stereocenters. The van der Waals surface area contributed by atoms with Gasteiger partial charge in [-0.3, -0.25) is 4.98 Å². The summed E-state index contributed by atoms with van der Waals surface area (Å²) in [5, 5.41) is 8.72. The summed E-state index contributed by atoms with van der Waals surface area (Å²) in [6, 6.07) is 15.6. The molecule has 184 valence electrons. The number of rotatable bonds is 6. The molecule has 38 heavy (non-hydrogen) atoms. The Balaban J connectivity index is 1.35. The maximum absolute atomic E-state index is 6.17. The number of anilines is 2. The molecule has 2 aliphatic heterocycles. The van der Waals surface area contributed by atoms with Crippen molar-refractivity contribution in [1.29, 1.82) is 0 Å². The van der Waals surface area contributed by atoms with Crippen molar-refractivity contribution in [2.24, 2.45) is 0 Å². The maximum atomic E-state index is 6.17. The van der Waals surface area contributed by atoms with E-state index in [1.807, 2.05) is 106 Å². The van der Waals surface area contributed by atoms with Crippen molar-refractivity contribution < 1.29 is 0 Å². The second-order valence-electron chi connectivity index (χ2n) is 8.88. The van der Waals surface area contributed by atoms with E-state index in [9.17, 15) is 0 Å². The van der Waals surface area contributed by atoms with Gasteiger partial charge in [-0.1, -0.05) is 25.3 Å². The summed E-state index contributed by atoms with van der Waals surface area (Å²) in [4.78, 5) is 4.62. The Kier molecular flexibility index (Phi) is 5.58. The second kappa shape index (κ2) is 9.22. The Morgan fingerprint density at radius 1 is 0.711 bits per heavy atom. The van der Waals surface area contributed by atoms with Gasteiger partial charge in [-0.15, -0.1) is 10.2 Å². The molecular weight excluding hydrogens is 470 g/mol. The van der Waals surface area contributed by atoms with Crippen molar-refractivity contribution in [3.8, 4) is 11.3 Å². The molecule has 0 radical (unpaired) electrons. The first-order valence-electron chi connectivity index (χ1n) is 12.1. The van der Waals surface area contributed by atoms with Gasteiger partial charge < -0.3 is 20.3 Å². The van der Waals surface area contributed by atoms with Crippen LogP contribution in [0.1, 0.15) is 33.9 Å². The summed E-state index contributed by atoms with van der Waals surface area (Å²) in [5.41, 5.74) is 22.7. The highest BCUT2D eigenvalue weighted by Gasteiger charge is 2.12. The van der Waals surface area contributed by atoms with Gasteiger partial charge in [-0.2, -0.15) is 0 Å². The SMILES string of the molecule is C=Cc1cc2c(N)cccn2c1/C=C/c1ccc2c(/C=C/c3c(C=C)cc4c(N)cccn34)nnc-2cn1. The zero-order valence-corrected chi connectivity index (χ0v) is 20.6. The van der Waals surface area contributed by atoms with Gasteiger partial charge in [0.05, 0.1) is 51.4 Å². The minimum absolute atomic E-state index is 0.712. The Bertz CT molecular complexity index is 1880. The molecule has 4 N–H and O–H groups in total. The Labute approximate surface area is 219 Å². The Hall–Kier alpha value is -5.43. The zero-order valence-electron chi connectivity index (χ0n) is 20.6. The predicted molar refractivity (Wildman–Crippen MR) is 158 cm³/mol. The molecule has 6 heterocycles. The van der Waals surface area contributed by atoms with Crippen LogP contribution < -0.4 is 11.5 Å². The van der Waals surface area contributed by atoms with E-state index in [4.69, 9.17) is 11.5 Å². The van der Waals surface area contributed by atoms with Crippen LogP contribution in [-0.4, -0.2) is 24.0 Å². The second-order valence-corrected chi connectivity index (χ2v) is 8.88. The van der Waals surface area contributed by atoms with Gasteiger partial charge in [0.15, 0.2) is 0 Å². The fraction of sp³-hybridized carbons (Fsp3) is 0. The van der Waals surface area contributed by atoms with E-state index < -0.39 is 0 Å². The highest BCUT2D eigenvalue weighted by molar-refractivity contribution is 5.85. The lowest BCUT2D eigenvalue weighted by molar-refractivity contribution is 1.08. The summed E-state index contributed by atoms with van der Waals surface area (Å²) >= 11 is 0. The molecule has 0 fully saturated rings. The molecule has 0 aliphatic carbocycles. The molecule has 6 rings (SSSR count). The van der Waals surface area contributed by atoms with Crippen LogP contribution in [0.5, 0.6) is 0 Å². The molecule has 0 saturated carbocycles. The smallest absolute Gasteiger partial charge is 0.113 e. The number of nitrogen functional groups attached to an aromatic ring is 2. The van der Waals surface area contributed by atoms with Crippen LogP contribution in [0.4, 0.5) is 11.4 Å². The van der Waals surface area contributed by atoms with Crippen molar-refractivity contribution in [1.82, 2.24) is 24.0 Å². The molecule has 2 aliphatic rings. The van der Waals surface area contributed by atoms with Crippen molar-refractivity contribution in [3.05, 3.63) is 114 Å². The van der Waals surface area contributed by atoms with Gasteiger partial charge in [0.25, 0.3) is 0 Å². The monoisotopic (exact) mass is 495 g/mol. The van der Waals surface area contributed by atoms with Crippen molar-refractivity contribution in [2.75, 3.05) is 11.5 Å². The van der Waals surface area contributed by atoms with Gasteiger partial charge in [0, 0.05) is 29.1 Å². The average molecular weight is 496 g/mol. The van der Waals surface area contributed by atoms with Gasteiger partial charge in [-0.25, -0.2) is 0 Å². The first-order chi connectivity index (χ1) is 18.6. The third-order valence-electron chi connectivity index (χ3n) is 6.65. The lowest BCUT2D eigenvalue weighted by Gasteiger charge is -2.01. The Morgan fingerprint density at radius 3 is 1.92 bits per heavy atom. The molecule has 0 aromatic carbocycles. The number of pyridine rings is 2. The van der Waals surface area contributed by atoms with Crippen LogP contribution in [0.25, 0.3) is 58.7 Å². The van der Waals surface area contributed by atoms with E-state index >= 15 is 0 Å². The third kappa shape index (κ3) is 3.83. The first kappa shape index (κ1) is 23.0. The van der Waals surface area contributed by atoms with E-state index in [1.54, 1.807) is 6.20 Å². The third-order valence-corrected chi connectivity index (χ3v) is 6.65. The largest absolute Gasteiger partial charge is 0.397 e. The van der Waals surface area contributed by atoms with Crippen LogP contribution in [0.3, 0.4) is 0 Å². The molecule has 7 nitrogen and oxygen atoms in total. The van der Waals surface area contributed by atoms with Crippen LogP contribution in [-0.2, 0) is 0 Å². The summed E-state index contributed by atoms with van der Waals surface area (Å²) in [7, 11) is 0. The first-order valence-corrected chi connectivity index (χ1v) is 12.1. The van der Waals surface area contributed by atoms with Gasteiger partial charge >= 0.3 is 0 Å². The van der Waals surface area contributed by atoms with Gasteiger partial charge in [0.2, 0.25) is 0 Å². The van der Waals surface area contributed by atoms with Crippen LogP contribution >= 0.6 is 0 Å². The van der Waals surface area contributed by atoms with E-state index in [0.717, 1.165) is 50.5 Å². The number of hydrogen-bond donors (Lipinski definition) is 2. The summed E-state index contributed by atoms with van der Waals surface area (Å²) in [6.45, 7) is 7.90. The van der Waals surface area contributed by atoms with E-state index in [2.05, 4.69) is 28.3 Å². The number of aromatic nitrogens is 5. The molecular formula is C31H25N7.